The Morgan fingerprint density at radius 1 is 0.787 bits per heavy atom. The largest absolute Gasteiger partial charge is 0.507 e. The van der Waals surface area contributed by atoms with Gasteiger partial charge in [-0.1, -0.05) is 60.7 Å². The lowest BCUT2D eigenvalue weighted by molar-refractivity contribution is -0.141. The molecule has 11 nitrogen and oxygen atoms in total. The number of nitrogens with zero attached hydrogens (tertiary/aromatic N) is 6. The molecule has 322 valence electrons. The van der Waals surface area contributed by atoms with Crippen molar-refractivity contribution in [1.29, 1.82) is 0 Å². The molecule has 1 saturated carbocycles. The van der Waals surface area contributed by atoms with E-state index in [9.17, 15) is 19.5 Å². The summed E-state index contributed by atoms with van der Waals surface area (Å²) in [5.41, 5.74) is 5.16. The lowest BCUT2D eigenvalue weighted by atomic mass is 9.66. The van der Waals surface area contributed by atoms with Crippen LogP contribution in [0, 0.1) is 11.8 Å². The number of phenols is 1. The van der Waals surface area contributed by atoms with Gasteiger partial charge in [0.1, 0.15) is 5.75 Å². The molecule has 5 aliphatic rings. The monoisotopic (exact) mass is 825 g/mol. The van der Waals surface area contributed by atoms with Crippen molar-refractivity contribution in [3.63, 3.8) is 0 Å². The van der Waals surface area contributed by atoms with Gasteiger partial charge in [0.2, 0.25) is 17.7 Å². The van der Waals surface area contributed by atoms with E-state index in [1.807, 2.05) is 30.5 Å². The first-order chi connectivity index (χ1) is 29.7. The zero-order valence-corrected chi connectivity index (χ0v) is 35.9. The standard InChI is InChI=1S/C45H56N6O2.C5H7NO2/c1-48(43(53)36-20-28-51(45(32-36)21-10-22-45)27-19-35-17-25-49(26-18-35)38-13-6-3-7-14-38)34-44(37-11-4-2-5-12-37)23-29-50(30-24-44)39-31-41(47-46-33-39)40-15-8-9-16-42(40)52;7-4-2-1-3-5(8)6-4/h2-9,11-16,31,33,35-36,52H,10,17-30,32,34H2,1H3;1-3H2,(H,6,7,8). The predicted molar refractivity (Wildman–Crippen MR) is 240 cm³/mol. The summed E-state index contributed by atoms with van der Waals surface area (Å²) < 4.78 is 0. The van der Waals surface area contributed by atoms with Crippen LogP contribution in [-0.4, -0.2) is 101 Å². The summed E-state index contributed by atoms with van der Waals surface area (Å²) in [5, 5.41) is 21.3. The number of likely N-dealkylation sites (N-methyl/N-ethyl adjacent to an activating group) is 1. The number of aromatic hydroxyl groups is 1. The molecule has 1 aliphatic carbocycles. The summed E-state index contributed by atoms with van der Waals surface area (Å²) >= 11 is 0. The van der Waals surface area contributed by atoms with Crippen LogP contribution in [0.5, 0.6) is 5.75 Å². The Balaban J connectivity index is 0.000000578. The third kappa shape index (κ3) is 9.93. The van der Waals surface area contributed by atoms with E-state index < -0.39 is 0 Å². The predicted octanol–water partition coefficient (Wildman–Crippen LogP) is 7.60. The van der Waals surface area contributed by atoms with E-state index in [0.717, 1.165) is 76.6 Å². The van der Waals surface area contributed by atoms with Crippen molar-refractivity contribution < 1.29 is 19.5 Å². The Labute approximate surface area is 361 Å². The molecule has 2 N–H and O–H groups in total. The number of para-hydroxylation sites is 2. The Hall–Kier alpha value is -5.29. The summed E-state index contributed by atoms with van der Waals surface area (Å²) in [6.07, 6.45) is 15.0. The number of carbonyl (C=O) groups is 3. The fourth-order valence-corrected chi connectivity index (χ4v) is 10.8. The first-order valence-electron chi connectivity index (χ1n) is 22.7. The number of piperidine rings is 4. The molecule has 61 heavy (non-hydrogen) atoms. The number of anilines is 2. The molecule has 4 saturated heterocycles. The molecule has 1 aromatic heterocycles. The number of likely N-dealkylation sites (tertiary alicyclic amines) is 1. The smallest absolute Gasteiger partial charge is 0.226 e. The average molecular weight is 826 g/mol. The van der Waals surface area contributed by atoms with Crippen molar-refractivity contribution in [2.24, 2.45) is 11.8 Å². The van der Waals surface area contributed by atoms with E-state index in [2.05, 4.69) is 103 Å². The van der Waals surface area contributed by atoms with E-state index >= 15 is 0 Å². The molecule has 4 aromatic rings. The zero-order chi connectivity index (χ0) is 42.2. The number of hydrogen-bond donors (Lipinski definition) is 2. The van der Waals surface area contributed by atoms with Gasteiger partial charge in [-0.15, -0.1) is 0 Å². The topological polar surface area (TPSA) is 122 Å². The fraction of sp³-hybridized carbons (Fsp3) is 0.500. The molecule has 5 heterocycles. The lowest BCUT2D eigenvalue weighted by Gasteiger charge is -2.56. The van der Waals surface area contributed by atoms with Crippen molar-refractivity contribution >= 4 is 29.1 Å². The first kappa shape index (κ1) is 42.4. The number of hydrogen-bond acceptors (Lipinski definition) is 9. The summed E-state index contributed by atoms with van der Waals surface area (Å²) in [5.74, 6) is 1.18. The Morgan fingerprint density at radius 3 is 2.08 bits per heavy atom. The second kappa shape index (κ2) is 19.2. The minimum Gasteiger partial charge on any atom is -0.507 e. The molecule has 0 radical (unpaired) electrons. The zero-order valence-electron chi connectivity index (χ0n) is 35.9. The lowest BCUT2D eigenvalue weighted by Crippen LogP contribution is -2.60. The number of carbonyl (C=O) groups excluding carboxylic acids is 3. The first-order valence-corrected chi connectivity index (χ1v) is 22.7. The highest BCUT2D eigenvalue weighted by atomic mass is 16.3. The van der Waals surface area contributed by atoms with Gasteiger partial charge in [0.05, 0.1) is 17.6 Å². The van der Waals surface area contributed by atoms with Gasteiger partial charge in [-0.3, -0.25) is 24.6 Å². The number of aromatic nitrogens is 2. The number of rotatable bonds is 10. The SMILES string of the molecule is CN(CC1(c2ccccc2)CCN(c2cnnc(-c3ccccc3O)c2)CC1)C(=O)C1CCN(CCC2CCN(c3ccccc3)CC2)C2(CCC2)C1.O=C1CCCC(=O)N1. The van der Waals surface area contributed by atoms with Crippen molar-refractivity contribution in [2.45, 2.75) is 94.4 Å². The number of nitrogens with one attached hydrogen (secondary N) is 1. The maximum atomic E-state index is 14.4. The second-order valence-electron chi connectivity index (χ2n) is 18.3. The van der Waals surface area contributed by atoms with Gasteiger partial charge >= 0.3 is 0 Å². The minimum absolute atomic E-state index is 0.106. The second-order valence-corrected chi connectivity index (χ2v) is 18.3. The van der Waals surface area contributed by atoms with E-state index in [1.165, 1.54) is 56.3 Å². The molecule has 1 atom stereocenters. The van der Waals surface area contributed by atoms with Gasteiger partial charge in [0.15, 0.2) is 0 Å². The van der Waals surface area contributed by atoms with Gasteiger partial charge in [0, 0.05) is 80.7 Å². The van der Waals surface area contributed by atoms with Gasteiger partial charge in [-0.05, 0) is 126 Å². The highest BCUT2D eigenvalue weighted by molar-refractivity contribution is 5.97. The van der Waals surface area contributed by atoms with Crippen molar-refractivity contribution in [1.82, 2.24) is 25.3 Å². The van der Waals surface area contributed by atoms with Crippen molar-refractivity contribution in [2.75, 3.05) is 62.7 Å². The fourth-order valence-electron chi connectivity index (χ4n) is 10.8. The van der Waals surface area contributed by atoms with Gasteiger partial charge in [-0.2, -0.15) is 10.2 Å². The average Bonchev–Trinajstić information content (AvgIpc) is 3.29. The number of imide groups is 1. The van der Waals surface area contributed by atoms with Gasteiger partial charge in [0.25, 0.3) is 0 Å². The number of phenolic OH excluding ortho intramolecular Hbond substituents is 1. The van der Waals surface area contributed by atoms with Crippen molar-refractivity contribution in [3.05, 3.63) is 103 Å². The van der Waals surface area contributed by atoms with Crippen LogP contribution in [0.2, 0.25) is 0 Å². The molecule has 4 aliphatic heterocycles. The number of amides is 3. The van der Waals surface area contributed by atoms with Crippen LogP contribution in [0.15, 0.2) is 97.2 Å². The van der Waals surface area contributed by atoms with Crippen LogP contribution in [-0.2, 0) is 19.8 Å². The molecule has 1 unspecified atom stereocenters. The molecular weight excluding hydrogens is 763 g/mol. The highest BCUT2D eigenvalue weighted by Crippen LogP contribution is 2.47. The Kier molecular flexibility index (Phi) is 13.3. The molecule has 3 amide bonds. The van der Waals surface area contributed by atoms with Crippen LogP contribution >= 0.6 is 0 Å². The maximum absolute atomic E-state index is 14.4. The molecule has 1 spiro atoms. The van der Waals surface area contributed by atoms with Gasteiger partial charge in [-0.25, -0.2) is 0 Å². The highest BCUT2D eigenvalue weighted by Gasteiger charge is 2.49. The van der Waals surface area contributed by atoms with Crippen LogP contribution in [0.1, 0.15) is 89.0 Å². The molecule has 0 bridgehead atoms. The summed E-state index contributed by atoms with van der Waals surface area (Å²) in [4.78, 5) is 44.9. The summed E-state index contributed by atoms with van der Waals surface area (Å²) in [6, 6.07) is 31.1. The molecule has 3 aromatic carbocycles. The maximum Gasteiger partial charge on any atom is 0.226 e. The minimum atomic E-state index is -0.138. The van der Waals surface area contributed by atoms with E-state index in [-0.39, 0.29) is 34.4 Å². The van der Waals surface area contributed by atoms with Gasteiger partial charge < -0.3 is 19.8 Å². The molecular formula is C50H63N7O4. The summed E-state index contributed by atoms with van der Waals surface area (Å²) in [6.45, 7) is 7.00. The Bertz CT molecular complexity index is 2080. The number of benzene rings is 3. The third-order valence-corrected chi connectivity index (χ3v) is 14.5. The summed E-state index contributed by atoms with van der Waals surface area (Å²) in [7, 11) is 2.06. The quantitative estimate of drug-likeness (QED) is 0.156. The van der Waals surface area contributed by atoms with E-state index in [1.54, 1.807) is 6.07 Å². The molecule has 9 rings (SSSR count). The Morgan fingerprint density at radius 2 is 1.44 bits per heavy atom. The van der Waals surface area contributed by atoms with Crippen molar-refractivity contribution in [3.8, 4) is 17.0 Å². The molecule has 11 heteroatoms. The third-order valence-electron chi connectivity index (χ3n) is 14.5. The van der Waals surface area contributed by atoms with Crippen LogP contribution in [0.3, 0.4) is 0 Å². The van der Waals surface area contributed by atoms with E-state index in [4.69, 9.17) is 0 Å². The van der Waals surface area contributed by atoms with Crippen LogP contribution in [0.25, 0.3) is 11.3 Å². The van der Waals surface area contributed by atoms with Crippen LogP contribution < -0.4 is 15.1 Å². The molecule has 5 fully saturated rings. The normalized spacial score (nSPS) is 21.5. The van der Waals surface area contributed by atoms with Crippen LogP contribution in [0.4, 0.5) is 11.4 Å². The van der Waals surface area contributed by atoms with E-state index in [0.29, 0.717) is 36.4 Å².